The first-order valence-electron chi connectivity index (χ1n) is 43.1. The van der Waals surface area contributed by atoms with Gasteiger partial charge in [0, 0.05) is 115 Å². The van der Waals surface area contributed by atoms with Crippen molar-refractivity contribution < 1.29 is 14.4 Å². The van der Waals surface area contributed by atoms with Gasteiger partial charge in [-0.25, -0.2) is 46.0 Å². The van der Waals surface area contributed by atoms with Crippen molar-refractivity contribution in [2.75, 3.05) is 0 Å². The molecule has 5 aromatic carbocycles. The van der Waals surface area contributed by atoms with E-state index in [1.165, 1.54) is 50.8 Å². The maximum atomic E-state index is 12.3. The highest BCUT2D eigenvalue weighted by Crippen LogP contribution is 2.40. The lowest BCUT2D eigenvalue weighted by molar-refractivity contribution is -0.118. The van der Waals surface area contributed by atoms with Crippen LogP contribution in [0.15, 0.2) is 358 Å². The fraction of sp³-hybridized carbons (Fsp3) is 0.154. The van der Waals surface area contributed by atoms with Gasteiger partial charge in [-0.15, -0.1) is 0 Å². The molecule has 0 radical (unpaired) electrons. The van der Waals surface area contributed by atoms with E-state index in [2.05, 4.69) is 46.3 Å². The number of carbonyl (C=O) groups is 3. The minimum absolute atomic E-state index is 0.0429. The molecule has 15 aromatic heterocycles. The van der Waals surface area contributed by atoms with Crippen molar-refractivity contribution in [1.82, 2.24) is 97.0 Å². The molecular formula is C104H92N20O8. The van der Waals surface area contributed by atoms with Gasteiger partial charge in [-0.2, -0.15) is 51.0 Å². The number of aromatic nitrogens is 20. The lowest BCUT2D eigenvalue weighted by Gasteiger charge is -2.19. The monoisotopic (exact) mass is 1750 g/mol. The molecule has 20 rings (SSSR count). The predicted molar refractivity (Wildman–Crippen MR) is 512 cm³/mol. The van der Waals surface area contributed by atoms with Gasteiger partial charge in [0.05, 0.1) is 83.9 Å². The Balaban J connectivity index is 0.000000120. The average Bonchev–Trinajstić information content (AvgIpc) is 1.63. The van der Waals surface area contributed by atoms with Gasteiger partial charge < -0.3 is 4.79 Å². The van der Waals surface area contributed by atoms with Crippen LogP contribution in [0, 0.1) is 5.41 Å². The molecule has 0 spiro atoms. The summed E-state index contributed by atoms with van der Waals surface area (Å²) in [5.41, 5.74) is 20.4. The largest absolute Gasteiger partial charge is 0.300 e. The van der Waals surface area contributed by atoms with Crippen LogP contribution in [0.4, 0.5) is 0 Å². The van der Waals surface area contributed by atoms with Crippen molar-refractivity contribution in [3.63, 3.8) is 0 Å². The quantitative estimate of drug-likeness (QED) is 0.0645. The third kappa shape index (κ3) is 20.2. The topological polar surface area (TPSA) is 312 Å². The van der Waals surface area contributed by atoms with Gasteiger partial charge in [-0.1, -0.05) is 210 Å². The number of rotatable bonds is 21. The van der Waals surface area contributed by atoms with Gasteiger partial charge in [-0.05, 0) is 130 Å². The number of hydrogen-bond donors (Lipinski definition) is 0. The van der Waals surface area contributed by atoms with E-state index in [0.29, 0.717) is 49.6 Å². The maximum Gasteiger partial charge on any atom is 0.267 e. The summed E-state index contributed by atoms with van der Waals surface area (Å²) in [4.78, 5) is 94.7. The fourth-order valence-electron chi connectivity index (χ4n) is 15.4. The molecule has 0 unspecified atom stereocenters. The van der Waals surface area contributed by atoms with Crippen molar-refractivity contribution >= 4 is 44.9 Å². The third-order valence-electron chi connectivity index (χ3n) is 21.3. The van der Waals surface area contributed by atoms with Crippen LogP contribution in [-0.2, 0) is 47.1 Å². The second-order valence-electron chi connectivity index (χ2n) is 32.6. The predicted octanol–water partition coefficient (Wildman–Crippen LogP) is 17.1. The summed E-state index contributed by atoms with van der Waals surface area (Å²) in [5.74, 6) is -0.141. The van der Waals surface area contributed by atoms with Gasteiger partial charge in [0.1, 0.15) is 47.3 Å². The van der Waals surface area contributed by atoms with Crippen LogP contribution >= 0.6 is 0 Å². The Kier molecular flexibility index (Phi) is 26.7. The highest BCUT2D eigenvalue weighted by atomic mass is 16.2. The normalized spacial score (nSPS) is 11.2. The lowest BCUT2D eigenvalue weighted by atomic mass is 9.97. The van der Waals surface area contributed by atoms with Gasteiger partial charge in [0.25, 0.3) is 27.8 Å². The number of pyridine rings is 5. The van der Waals surface area contributed by atoms with E-state index in [0.717, 1.165) is 129 Å². The van der Waals surface area contributed by atoms with Crippen molar-refractivity contribution in [3.05, 3.63) is 386 Å². The van der Waals surface area contributed by atoms with E-state index in [1.807, 2.05) is 294 Å². The Bertz CT molecular complexity index is 7710. The first kappa shape index (κ1) is 88.4. The molecule has 0 aliphatic rings. The third-order valence-corrected chi connectivity index (χ3v) is 21.3. The second-order valence-corrected chi connectivity index (χ2v) is 32.6. The van der Waals surface area contributed by atoms with Crippen LogP contribution in [0.25, 0.3) is 140 Å². The molecule has 0 atom stereocenters. The van der Waals surface area contributed by atoms with Crippen molar-refractivity contribution in [1.29, 1.82) is 0 Å². The highest BCUT2D eigenvalue weighted by molar-refractivity contribution is 5.95. The van der Waals surface area contributed by atoms with Crippen LogP contribution in [-0.4, -0.2) is 114 Å². The molecular weight excluding hydrogens is 1660 g/mol. The summed E-state index contributed by atoms with van der Waals surface area (Å²) in [5, 5.41) is 46.4. The Morgan fingerprint density at radius 3 is 0.727 bits per heavy atom. The molecule has 0 saturated heterocycles. The molecule has 28 heteroatoms. The second kappa shape index (κ2) is 39.9. The number of hydrogen-bond acceptors (Lipinski definition) is 18. The van der Waals surface area contributed by atoms with E-state index in [1.54, 1.807) is 63.1 Å². The van der Waals surface area contributed by atoms with E-state index in [4.69, 9.17) is 25.5 Å². The van der Waals surface area contributed by atoms with Gasteiger partial charge >= 0.3 is 0 Å². The molecule has 15 heterocycles. The number of ketones is 3. The zero-order valence-corrected chi connectivity index (χ0v) is 73.6. The smallest absolute Gasteiger partial charge is 0.267 e. The number of benzene rings is 5. The number of aryl methyl sites for hydroxylation is 2. The standard InChI is InChI=1S/C22H20N4O2.C22H22N4O.2C20H16N4O2.C20H18N4O/c1-16(27)8-7-15-26-20(28)13-12-18(23-26)21-19-11-5-6-14-25(19)24-22(21)17-9-3-2-4-10-17;1-22(2,3)15-26-19(27)13-12-17(23-26)20-18-11-7-8-14-25(18)24-21(20)16-9-5-4-6-10-16;2*1-14(25)13-24-18(26)11-10-16(21-24)19-17-9-5-6-12-23(17)22-20(19)15-7-3-2-4-8-15;1-2-13-24-18(25)12-11-16(21-24)19-17-10-6-7-14-23(17)22-20(19)15-8-4-3-5-9-15/h2-6,9-14H,7-8,15H2,1H3;4-14H,15H2,1-3H3;2*2-12H,13H2,1H3;3-12,14H,2,13H2,1H3. The molecule has 0 saturated carbocycles. The number of nitrogens with zero attached hydrogens (tertiary/aromatic N) is 20. The first-order valence-corrected chi connectivity index (χ1v) is 43.1. The molecule has 0 bridgehead atoms. The molecule has 28 nitrogen and oxygen atoms in total. The van der Waals surface area contributed by atoms with Crippen LogP contribution < -0.4 is 27.8 Å². The highest BCUT2D eigenvalue weighted by Gasteiger charge is 2.26. The summed E-state index contributed by atoms with van der Waals surface area (Å²) in [6, 6.07) is 95.3. The van der Waals surface area contributed by atoms with Crippen molar-refractivity contribution in [2.24, 2.45) is 5.41 Å². The number of fused-ring (bicyclic) bond motifs is 5. The van der Waals surface area contributed by atoms with E-state index in [9.17, 15) is 38.4 Å². The van der Waals surface area contributed by atoms with Gasteiger partial charge in [0.15, 0.2) is 11.6 Å². The lowest BCUT2D eigenvalue weighted by Crippen LogP contribution is -2.28. The van der Waals surface area contributed by atoms with E-state index < -0.39 is 0 Å². The summed E-state index contributed by atoms with van der Waals surface area (Å²) in [6.45, 7) is 14.2. The van der Waals surface area contributed by atoms with Crippen LogP contribution in [0.1, 0.15) is 67.7 Å². The Morgan fingerprint density at radius 2 is 0.485 bits per heavy atom. The minimum atomic E-state index is -0.304. The van der Waals surface area contributed by atoms with Crippen LogP contribution in [0.5, 0.6) is 0 Å². The van der Waals surface area contributed by atoms with E-state index >= 15 is 0 Å². The molecule has 20 aromatic rings. The number of carbonyl (C=O) groups excluding carboxylic acids is 3. The molecule has 0 aliphatic carbocycles. The Hall–Kier alpha value is -17.0. The van der Waals surface area contributed by atoms with Gasteiger partial charge in [-0.3, -0.25) is 33.6 Å². The molecule has 0 amide bonds. The molecule has 0 N–H and O–H groups in total. The van der Waals surface area contributed by atoms with Crippen molar-refractivity contribution in [3.8, 4) is 113 Å². The average molecular weight is 1750 g/mol. The zero-order valence-electron chi connectivity index (χ0n) is 73.6. The summed E-state index contributed by atoms with van der Waals surface area (Å²) in [7, 11) is 0. The zero-order chi connectivity index (χ0) is 91.9. The number of Topliss-reactive ketones (excluding diaryl/α,β-unsaturated/α-hetero) is 3. The molecule has 656 valence electrons. The summed E-state index contributed by atoms with van der Waals surface area (Å²) >= 11 is 0. The summed E-state index contributed by atoms with van der Waals surface area (Å²) < 4.78 is 16.0. The first-order chi connectivity index (χ1) is 64.1. The van der Waals surface area contributed by atoms with E-state index in [-0.39, 0.29) is 63.7 Å². The minimum Gasteiger partial charge on any atom is -0.300 e. The van der Waals surface area contributed by atoms with Gasteiger partial charge in [0.2, 0.25) is 0 Å². The Morgan fingerprint density at radius 1 is 0.258 bits per heavy atom. The summed E-state index contributed by atoms with van der Waals surface area (Å²) in [6.07, 6.45) is 11.4. The molecule has 0 fully saturated rings. The molecule has 132 heavy (non-hydrogen) atoms. The fourth-order valence-corrected chi connectivity index (χ4v) is 15.4. The van der Waals surface area contributed by atoms with Crippen LogP contribution in [0.2, 0.25) is 0 Å². The maximum absolute atomic E-state index is 12.3. The molecule has 0 aliphatic heterocycles. The Labute approximate surface area is 756 Å². The van der Waals surface area contributed by atoms with Crippen molar-refractivity contribution in [2.45, 2.75) is 100 Å². The van der Waals surface area contributed by atoms with Crippen LogP contribution in [0.3, 0.4) is 0 Å². The SMILES string of the molecule is CC(=O)CCCn1nc(-c2c(-c3ccccc3)nn3ccccc23)ccc1=O.CC(=O)Cn1nc(-c2c(-c3ccccc3)nn3ccccc23)ccc1=O.CC(=O)Cn1nc(-c2c(-c3ccccc3)nn3ccccc23)ccc1=O.CC(C)(C)Cn1nc(-c2c(-c3ccccc3)nn3ccccc23)ccc1=O.CCCn1nc(-c2c(-c3ccccc3)nn3ccccc23)ccc1=O.